The molecule has 0 amide bonds. The molecular weight excluding hydrogens is 559 g/mol. The van der Waals surface area contributed by atoms with Crippen molar-refractivity contribution >= 4 is 93.7 Å². The molecule has 0 bridgehead atoms. The van der Waals surface area contributed by atoms with Crippen molar-refractivity contribution in [2.75, 3.05) is 0 Å². The van der Waals surface area contributed by atoms with Crippen molar-refractivity contribution in [3.63, 3.8) is 0 Å². The van der Waals surface area contributed by atoms with Crippen LogP contribution in [-0.4, -0.2) is 9.38 Å². The van der Waals surface area contributed by atoms with E-state index in [1.54, 1.807) is 0 Å². The minimum atomic E-state index is -2.43. The van der Waals surface area contributed by atoms with Gasteiger partial charge in [0.05, 0.1) is 16.6 Å². The quantitative estimate of drug-likeness (QED) is 0.152. The van der Waals surface area contributed by atoms with Crippen LogP contribution in [0, 0.1) is 0 Å². The SMILES string of the molecule is S=P(c1ccccc1)(c1ccc2ccc3ccccc3c2c1)c1ccc2nc3c4ccccc4c4ccccc4n3c2c1. The summed E-state index contributed by atoms with van der Waals surface area (Å²) in [5.41, 5.74) is 4.20. The molecule has 0 radical (unpaired) electrons. The van der Waals surface area contributed by atoms with Gasteiger partial charge in [-0.25, -0.2) is 4.98 Å². The first-order valence-electron chi connectivity index (χ1n) is 14.5. The highest BCUT2D eigenvalue weighted by molar-refractivity contribution is 8.25. The Hall–Kier alpha value is -4.82. The van der Waals surface area contributed by atoms with Gasteiger partial charge in [-0.15, -0.1) is 0 Å². The largest absolute Gasteiger partial charge is 0.292 e. The number of rotatable bonds is 3. The molecule has 0 saturated heterocycles. The second-order valence-electron chi connectivity index (χ2n) is 11.1. The van der Waals surface area contributed by atoms with Gasteiger partial charge >= 0.3 is 0 Å². The predicted octanol–water partition coefficient (Wildman–Crippen LogP) is 8.86. The third kappa shape index (κ3) is 3.59. The Morgan fingerprint density at radius 2 is 1.05 bits per heavy atom. The van der Waals surface area contributed by atoms with Crippen LogP contribution in [0.3, 0.4) is 0 Å². The highest BCUT2D eigenvalue weighted by Crippen LogP contribution is 2.45. The molecule has 9 rings (SSSR count). The number of para-hydroxylation sites is 1. The molecule has 0 spiro atoms. The topological polar surface area (TPSA) is 17.3 Å². The van der Waals surface area contributed by atoms with E-state index in [-0.39, 0.29) is 0 Å². The molecule has 43 heavy (non-hydrogen) atoms. The van der Waals surface area contributed by atoms with Gasteiger partial charge in [-0.05, 0) is 67.1 Å². The minimum Gasteiger partial charge on any atom is -0.292 e. The number of pyridine rings is 1. The third-order valence-corrected chi connectivity index (χ3v) is 13.8. The van der Waals surface area contributed by atoms with Crippen LogP contribution in [0.25, 0.3) is 59.9 Å². The lowest BCUT2D eigenvalue weighted by Crippen LogP contribution is -2.24. The van der Waals surface area contributed by atoms with Gasteiger partial charge in [-0.1, -0.05) is 139 Å². The number of fused-ring (bicyclic) bond motifs is 11. The Morgan fingerprint density at radius 1 is 0.442 bits per heavy atom. The lowest BCUT2D eigenvalue weighted by atomic mass is 10.0. The lowest BCUT2D eigenvalue weighted by molar-refractivity contribution is 1.32. The summed E-state index contributed by atoms with van der Waals surface area (Å²) in [5, 5.41) is 12.1. The smallest absolute Gasteiger partial charge is 0.146 e. The van der Waals surface area contributed by atoms with E-state index in [0.29, 0.717) is 0 Å². The normalized spacial score (nSPS) is 13.4. The van der Waals surface area contributed by atoms with Crippen molar-refractivity contribution < 1.29 is 0 Å². The van der Waals surface area contributed by atoms with Crippen LogP contribution >= 0.6 is 6.04 Å². The van der Waals surface area contributed by atoms with Crippen LogP contribution in [0.5, 0.6) is 0 Å². The van der Waals surface area contributed by atoms with Crippen LogP contribution in [0.4, 0.5) is 0 Å². The summed E-state index contributed by atoms with van der Waals surface area (Å²) < 4.78 is 2.33. The maximum atomic E-state index is 6.90. The summed E-state index contributed by atoms with van der Waals surface area (Å²) >= 11 is 6.90. The van der Waals surface area contributed by atoms with E-state index in [2.05, 4.69) is 156 Å². The first-order chi connectivity index (χ1) is 21.2. The van der Waals surface area contributed by atoms with Gasteiger partial charge in [0, 0.05) is 16.8 Å². The molecule has 1 unspecified atom stereocenters. The number of hydrogen-bond acceptors (Lipinski definition) is 2. The van der Waals surface area contributed by atoms with E-state index in [9.17, 15) is 0 Å². The number of hydrogen-bond donors (Lipinski definition) is 0. The third-order valence-electron chi connectivity index (χ3n) is 8.82. The van der Waals surface area contributed by atoms with Gasteiger partial charge in [0.1, 0.15) is 5.65 Å². The molecule has 0 aliphatic heterocycles. The van der Waals surface area contributed by atoms with Crippen molar-refractivity contribution in [3.05, 3.63) is 152 Å². The average molecular weight is 585 g/mol. The van der Waals surface area contributed by atoms with E-state index in [1.165, 1.54) is 48.2 Å². The average Bonchev–Trinajstić information content (AvgIpc) is 3.48. The summed E-state index contributed by atoms with van der Waals surface area (Å²) in [6.07, 6.45) is 0. The van der Waals surface area contributed by atoms with Crippen molar-refractivity contribution in [3.8, 4) is 0 Å². The fraction of sp³-hybridized carbons (Fsp3) is 0. The highest BCUT2D eigenvalue weighted by atomic mass is 32.4. The molecule has 2 nitrogen and oxygen atoms in total. The van der Waals surface area contributed by atoms with Crippen LogP contribution in [-0.2, 0) is 11.8 Å². The molecule has 0 aliphatic rings. The molecule has 1 atom stereocenters. The molecule has 2 aromatic heterocycles. The van der Waals surface area contributed by atoms with Gasteiger partial charge in [0.2, 0.25) is 0 Å². The molecular formula is C39H25N2PS. The second kappa shape index (κ2) is 9.34. The van der Waals surface area contributed by atoms with Gasteiger partial charge in [-0.3, -0.25) is 4.40 Å². The van der Waals surface area contributed by atoms with E-state index in [4.69, 9.17) is 16.8 Å². The van der Waals surface area contributed by atoms with Crippen molar-refractivity contribution in [2.24, 2.45) is 0 Å². The summed E-state index contributed by atoms with van der Waals surface area (Å²) in [6, 6.07) is 52.1. The Labute approximate surface area is 253 Å². The molecule has 0 saturated carbocycles. The Balaban J connectivity index is 1.38. The van der Waals surface area contributed by atoms with Gasteiger partial charge < -0.3 is 0 Å². The molecule has 0 fully saturated rings. The van der Waals surface area contributed by atoms with E-state index in [1.807, 2.05) is 0 Å². The molecule has 7 aromatic carbocycles. The molecule has 0 aliphatic carbocycles. The molecule has 0 N–H and O–H groups in total. The Bertz CT molecular complexity index is 2600. The zero-order chi connectivity index (χ0) is 28.5. The predicted molar refractivity (Wildman–Crippen MR) is 189 cm³/mol. The summed E-state index contributed by atoms with van der Waals surface area (Å²) in [5.74, 6) is 0. The molecule has 9 aromatic rings. The van der Waals surface area contributed by atoms with E-state index in [0.717, 1.165) is 27.6 Å². The zero-order valence-corrected chi connectivity index (χ0v) is 24.9. The number of imidazole rings is 1. The highest BCUT2D eigenvalue weighted by Gasteiger charge is 2.26. The first kappa shape index (κ1) is 24.7. The summed E-state index contributed by atoms with van der Waals surface area (Å²) in [7, 11) is 0. The molecule has 202 valence electrons. The van der Waals surface area contributed by atoms with Crippen molar-refractivity contribution in [2.45, 2.75) is 0 Å². The lowest BCUT2D eigenvalue weighted by Gasteiger charge is -2.25. The fourth-order valence-electron chi connectivity index (χ4n) is 6.76. The monoisotopic (exact) mass is 584 g/mol. The number of benzene rings is 7. The second-order valence-corrected chi connectivity index (χ2v) is 15.6. The van der Waals surface area contributed by atoms with Crippen LogP contribution < -0.4 is 15.9 Å². The van der Waals surface area contributed by atoms with Gasteiger partial charge in [0.25, 0.3) is 0 Å². The van der Waals surface area contributed by atoms with Gasteiger partial charge in [0.15, 0.2) is 0 Å². The van der Waals surface area contributed by atoms with Gasteiger partial charge in [-0.2, -0.15) is 0 Å². The Morgan fingerprint density at radius 3 is 1.88 bits per heavy atom. The van der Waals surface area contributed by atoms with E-state index < -0.39 is 6.04 Å². The summed E-state index contributed by atoms with van der Waals surface area (Å²) in [6.45, 7) is 0. The van der Waals surface area contributed by atoms with Crippen LogP contribution in [0.15, 0.2) is 152 Å². The van der Waals surface area contributed by atoms with Crippen LogP contribution in [0.2, 0.25) is 0 Å². The van der Waals surface area contributed by atoms with Crippen LogP contribution in [0.1, 0.15) is 0 Å². The Kier molecular flexibility index (Phi) is 5.38. The molecule has 4 heteroatoms. The summed E-state index contributed by atoms with van der Waals surface area (Å²) in [4.78, 5) is 5.18. The maximum Gasteiger partial charge on any atom is 0.146 e. The number of aromatic nitrogens is 2. The maximum absolute atomic E-state index is 6.90. The van der Waals surface area contributed by atoms with Crippen molar-refractivity contribution in [1.82, 2.24) is 9.38 Å². The first-order valence-corrected chi connectivity index (χ1v) is 17.3. The molecule has 2 heterocycles. The standard InChI is InChI=1S/C39H25N2PS/c43-42(28-11-2-1-3-12-28,29-21-20-27-19-18-26-10-4-5-13-31(26)35(27)24-29)30-22-23-36-38(25-30)41-37-17-9-8-15-33(37)32-14-6-7-16-34(32)39(41)40-36/h1-25H. The zero-order valence-electron chi connectivity index (χ0n) is 23.2. The number of nitrogens with zero attached hydrogens (tertiary/aromatic N) is 2. The van der Waals surface area contributed by atoms with E-state index >= 15 is 0 Å². The minimum absolute atomic E-state index is 0.976. The fourth-order valence-corrected chi connectivity index (χ4v) is 10.5. The van der Waals surface area contributed by atoms with Crippen molar-refractivity contribution in [1.29, 1.82) is 0 Å².